The predicted octanol–water partition coefficient (Wildman–Crippen LogP) is 4.38. The fourth-order valence-corrected chi connectivity index (χ4v) is 3.69. The molecule has 31 heavy (non-hydrogen) atoms. The van der Waals surface area contributed by atoms with Gasteiger partial charge in [-0.3, -0.25) is 4.79 Å². The first-order valence-corrected chi connectivity index (χ1v) is 10.3. The Morgan fingerprint density at radius 1 is 1.03 bits per heavy atom. The number of anilines is 1. The Kier molecular flexibility index (Phi) is 5.84. The highest BCUT2D eigenvalue weighted by Crippen LogP contribution is 2.27. The summed E-state index contributed by atoms with van der Waals surface area (Å²) in [5.74, 6) is 0.690. The van der Waals surface area contributed by atoms with Crippen LogP contribution in [0.25, 0.3) is 0 Å². The van der Waals surface area contributed by atoms with E-state index < -0.39 is 5.82 Å². The maximum Gasteiger partial charge on any atom is 0.254 e. The largest absolute Gasteiger partial charge is 0.436 e. The standard InChI is InChI=1S/C24H25FN4O2/c1-16-4-7-19(8-5-16)24(30)29-11-10-28(14-18(29)3)22-13-23(27-15-26-22)31-21-12-17(2)6-9-20(21)25/h4-9,12-13,15,18H,10-11,14H2,1-3H3/t18-/m1/s1. The average Bonchev–Trinajstić information content (AvgIpc) is 2.76. The van der Waals surface area contributed by atoms with Gasteiger partial charge < -0.3 is 14.5 Å². The Bertz CT molecular complexity index is 1090. The van der Waals surface area contributed by atoms with E-state index in [1.54, 1.807) is 18.2 Å². The Labute approximate surface area is 181 Å². The summed E-state index contributed by atoms with van der Waals surface area (Å²) in [6, 6.07) is 14.0. The SMILES string of the molecule is Cc1ccc(C(=O)N2CCN(c3cc(Oc4cc(C)ccc4F)ncn3)C[C@H]2C)cc1. The van der Waals surface area contributed by atoms with E-state index in [2.05, 4.69) is 14.9 Å². The van der Waals surface area contributed by atoms with Crippen molar-refractivity contribution >= 4 is 11.7 Å². The molecule has 1 fully saturated rings. The Hall–Kier alpha value is -3.48. The molecule has 0 unspecified atom stereocenters. The molecule has 7 heteroatoms. The highest BCUT2D eigenvalue weighted by molar-refractivity contribution is 5.94. The van der Waals surface area contributed by atoms with Crippen LogP contribution < -0.4 is 9.64 Å². The molecule has 1 amide bonds. The number of benzene rings is 2. The third-order valence-electron chi connectivity index (χ3n) is 5.44. The Morgan fingerprint density at radius 3 is 2.52 bits per heavy atom. The van der Waals surface area contributed by atoms with Crippen molar-refractivity contribution in [3.8, 4) is 11.6 Å². The van der Waals surface area contributed by atoms with E-state index in [1.807, 2.05) is 49.9 Å². The molecule has 0 saturated carbocycles. The summed E-state index contributed by atoms with van der Waals surface area (Å²) in [6.45, 7) is 7.75. The summed E-state index contributed by atoms with van der Waals surface area (Å²) < 4.78 is 19.7. The number of rotatable bonds is 4. The minimum absolute atomic E-state index is 0.0103. The molecular formula is C24H25FN4O2. The lowest BCUT2D eigenvalue weighted by Gasteiger charge is -2.40. The lowest BCUT2D eigenvalue weighted by molar-refractivity contribution is 0.0673. The summed E-state index contributed by atoms with van der Waals surface area (Å²) in [4.78, 5) is 25.4. The van der Waals surface area contributed by atoms with E-state index >= 15 is 0 Å². The van der Waals surface area contributed by atoms with Gasteiger partial charge in [0, 0.05) is 37.3 Å². The van der Waals surface area contributed by atoms with E-state index in [0.29, 0.717) is 31.0 Å². The topological polar surface area (TPSA) is 58.6 Å². The van der Waals surface area contributed by atoms with Crippen LogP contribution in [-0.2, 0) is 0 Å². The number of carbonyl (C=O) groups excluding carboxylic acids is 1. The van der Waals surface area contributed by atoms with E-state index in [-0.39, 0.29) is 23.6 Å². The third-order valence-corrected chi connectivity index (χ3v) is 5.44. The van der Waals surface area contributed by atoms with Crippen molar-refractivity contribution in [3.63, 3.8) is 0 Å². The molecule has 0 N–H and O–H groups in total. The van der Waals surface area contributed by atoms with Crippen molar-refractivity contribution in [2.24, 2.45) is 0 Å². The van der Waals surface area contributed by atoms with Gasteiger partial charge in [-0.05, 0) is 50.6 Å². The first-order valence-electron chi connectivity index (χ1n) is 10.3. The van der Waals surface area contributed by atoms with E-state index in [0.717, 1.165) is 11.1 Å². The van der Waals surface area contributed by atoms with E-state index in [4.69, 9.17) is 4.74 Å². The van der Waals surface area contributed by atoms with Crippen LogP contribution in [0.15, 0.2) is 54.9 Å². The lowest BCUT2D eigenvalue weighted by atomic mass is 10.1. The summed E-state index contributed by atoms with van der Waals surface area (Å²) >= 11 is 0. The second-order valence-electron chi connectivity index (χ2n) is 7.91. The molecule has 6 nitrogen and oxygen atoms in total. The van der Waals surface area contributed by atoms with Gasteiger partial charge in [-0.2, -0.15) is 0 Å². The molecule has 1 aromatic heterocycles. The zero-order valence-corrected chi connectivity index (χ0v) is 17.9. The van der Waals surface area contributed by atoms with Gasteiger partial charge in [-0.1, -0.05) is 23.8 Å². The lowest BCUT2D eigenvalue weighted by Crippen LogP contribution is -2.54. The number of ether oxygens (including phenoxy) is 1. The van der Waals surface area contributed by atoms with Crippen LogP contribution in [0.5, 0.6) is 11.6 Å². The molecule has 1 aliphatic heterocycles. The number of aromatic nitrogens is 2. The highest BCUT2D eigenvalue weighted by Gasteiger charge is 2.29. The molecule has 2 aromatic carbocycles. The van der Waals surface area contributed by atoms with Gasteiger partial charge in [0.15, 0.2) is 11.6 Å². The molecule has 1 aliphatic rings. The van der Waals surface area contributed by atoms with Gasteiger partial charge in [-0.15, -0.1) is 0 Å². The molecule has 4 rings (SSSR count). The second-order valence-corrected chi connectivity index (χ2v) is 7.91. The molecule has 160 valence electrons. The summed E-state index contributed by atoms with van der Waals surface area (Å²) in [5.41, 5.74) is 2.72. The third kappa shape index (κ3) is 4.66. The quantitative estimate of drug-likeness (QED) is 0.627. The molecule has 0 radical (unpaired) electrons. The van der Waals surface area contributed by atoms with Crippen molar-refractivity contribution in [1.82, 2.24) is 14.9 Å². The van der Waals surface area contributed by atoms with Crippen LogP contribution in [0.4, 0.5) is 10.2 Å². The summed E-state index contributed by atoms with van der Waals surface area (Å²) in [5, 5.41) is 0. The number of amides is 1. The number of nitrogens with zero attached hydrogens (tertiary/aromatic N) is 4. The molecule has 1 atom stereocenters. The molecule has 0 bridgehead atoms. The number of halogens is 1. The number of hydrogen-bond acceptors (Lipinski definition) is 5. The number of carbonyl (C=O) groups is 1. The molecule has 3 aromatic rings. The van der Waals surface area contributed by atoms with Crippen molar-refractivity contribution < 1.29 is 13.9 Å². The molecule has 2 heterocycles. The number of aryl methyl sites for hydroxylation is 2. The Morgan fingerprint density at radius 2 is 1.77 bits per heavy atom. The van der Waals surface area contributed by atoms with Gasteiger partial charge in [0.05, 0.1) is 0 Å². The number of piperazine rings is 1. The van der Waals surface area contributed by atoms with Crippen LogP contribution in [0.1, 0.15) is 28.4 Å². The van der Waals surface area contributed by atoms with Crippen molar-refractivity contribution in [2.75, 3.05) is 24.5 Å². The van der Waals surface area contributed by atoms with Crippen molar-refractivity contribution in [2.45, 2.75) is 26.8 Å². The molecule has 1 saturated heterocycles. The number of hydrogen-bond donors (Lipinski definition) is 0. The first kappa shape index (κ1) is 20.8. The minimum Gasteiger partial charge on any atom is -0.436 e. The van der Waals surface area contributed by atoms with Crippen LogP contribution >= 0.6 is 0 Å². The van der Waals surface area contributed by atoms with Crippen LogP contribution in [0.2, 0.25) is 0 Å². The highest BCUT2D eigenvalue weighted by atomic mass is 19.1. The van der Waals surface area contributed by atoms with E-state index in [1.165, 1.54) is 12.4 Å². The maximum atomic E-state index is 14.0. The molecular weight excluding hydrogens is 395 g/mol. The smallest absolute Gasteiger partial charge is 0.254 e. The minimum atomic E-state index is -0.442. The zero-order valence-electron chi connectivity index (χ0n) is 17.9. The van der Waals surface area contributed by atoms with Gasteiger partial charge in [0.2, 0.25) is 5.88 Å². The van der Waals surface area contributed by atoms with Crippen LogP contribution in [0.3, 0.4) is 0 Å². The van der Waals surface area contributed by atoms with Gasteiger partial charge in [-0.25, -0.2) is 14.4 Å². The van der Waals surface area contributed by atoms with Gasteiger partial charge in [0.25, 0.3) is 5.91 Å². The van der Waals surface area contributed by atoms with Crippen molar-refractivity contribution in [1.29, 1.82) is 0 Å². The van der Waals surface area contributed by atoms with E-state index in [9.17, 15) is 9.18 Å². The fraction of sp³-hybridized carbons (Fsp3) is 0.292. The first-order chi connectivity index (χ1) is 14.9. The molecule has 0 spiro atoms. The molecule has 0 aliphatic carbocycles. The average molecular weight is 420 g/mol. The van der Waals surface area contributed by atoms with Gasteiger partial charge in [0.1, 0.15) is 12.1 Å². The normalized spacial score (nSPS) is 16.3. The van der Waals surface area contributed by atoms with Gasteiger partial charge >= 0.3 is 0 Å². The fourth-order valence-electron chi connectivity index (χ4n) is 3.69. The van der Waals surface area contributed by atoms with Crippen LogP contribution in [0, 0.1) is 19.7 Å². The van der Waals surface area contributed by atoms with Crippen molar-refractivity contribution in [3.05, 3.63) is 77.4 Å². The Balaban J connectivity index is 1.45. The van der Waals surface area contributed by atoms with Crippen LogP contribution in [-0.4, -0.2) is 46.5 Å². The predicted molar refractivity (Wildman–Crippen MR) is 117 cm³/mol. The second kappa shape index (κ2) is 8.71. The maximum absolute atomic E-state index is 14.0. The summed E-state index contributed by atoms with van der Waals surface area (Å²) in [6.07, 6.45) is 1.41. The summed E-state index contributed by atoms with van der Waals surface area (Å²) in [7, 11) is 0. The monoisotopic (exact) mass is 420 g/mol. The zero-order chi connectivity index (χ0) is 22.0.